The zero-order valence-corrected chi connectivity index (χ0v) is 12.7. The number of aromatic nitrogens is 1. The van der Waals surface area contributed by atoms with Gasteiger partial charge in [-0.1, -0.05) is 64.3 Å². The molecule has 0 unspecified atom stereocenters. The molecule has 106 valence electrons. The van der Waals surface area contributed by atoms with Gasteiger partial charge in [0.2, 0.25) is 5.88 Å². The summed E-state index contributed by atoms with van der Waals surface area (Å²) in [6.07, 6.45) is 0. The third kappa shape index (κ3) is 2.50. The molecular formula is C16H12Cl2N2O. The van der Waals surface area contributed by atoms with Gasteiger partial charge in [-0.2, -0.15) is 0 Å². The van der Waals surface area contributed by atoms with Gasteiger partial charge in [-0.3, -0.25) is 0 Å². The van der Waals surface area contributed by atoms with Crippen molar-refractivity contribution in [3.63, 3.8) is 0 Å². The van der Waals surface area contributed by atoms with Crippen LogP contribution in [0.25, 0.3) is 22.4 Å². The van der Waals surface area contributed by atoms with E-state index in [1.54, 1.807) is 18.2 Å². The van der Waals surface area contributed by atoms with Crippen LogP contribution in [0, 0.1) is 6.92 Å². The first kappa shape index (κ1) is 14.0. The largest absolute Gasteiger partial charge is 0.367 e. The SMILES string of the molecule is Cc1ccc(-c2noc(N)c2-c2c(Cl)cccc2Cl)cc1. The molecule has 0 aliphatic heterocycles. The van der Waals surface area contributed by atoms with Crippen LogP contribution >= 0.6 is 23.2 Å². The second kappa shape index (κ2) is 5.43. The topological polar surface area (TPSA) is 52.0 Å². The van der Waals surface area contributed by atoms with E-state index >= 15 is 0 Å². The quantitative estimate of drug-likeness (QED) is 0.706. The van der Waals surface area contributed by atoms with E-state index in [9.17, 15) is 0 Å². The van der Waals surface area contributed by atoms with Crippen LogP contribution in [0.4, 0.5) is 5.88 Å². The van der Waals surface area contributed by atoms with Crippen molar-refractivity contribution in [2.24, 2.45) is 0 Å². The fraction of sp³-hybridized carbons (Fsp3) is 0.0625. The zero-order chi connectivity index (χ0) is 15.0. The Balaban J connectivity index is 2.25. The molecule has 2 N–H and O–H groups in total. The number of anilines is 1. The van der Waals surface area contributed by atoms with E-state index in [1.165, 1.54) is 0 Å². The van der Waals surface area contributed by atoms with E-state index in [2.05, 4.69) is 5.16 Å². The molecule has 0 atom stereocenters. The molecule has 0 spiro atoms. The summed E-state index contributed by atoms with van der Waals surface area (Å²) < 4.78 is 5.16. The molecule has 2 aromatic carbocycles. The number of hydrogen-bond donors (Lipinski definition) is 1. The van der Waals surface area contributed by atoms with Crippen LogP contribution in [-0.4, -0.2) is 5.16 Å². The number of benzene rings is 2. The second-order valence-corrected chi connectivity index (χ2v) is 5.55. The molecular weight excluding hydrogens is 307 g/mol. The van der Waals surface area contributed by atoms with Gasteiger partial charge in [0.1, 0.15) is 5.69 Å². The predicted octanol–water partition coefficient (Wildman–Crippen LogP) is 5.21. The summed E-state index contributed by atoms with van der Waals surface area (Å²) in [5, 5.41) is 5.07. The highest BCUT2D eigenvalue weighted by Crippen LogP contribution is 2.43. The number of hydrogen-bond acceptors (Lipinski definition) is 3. The summed E-state index contributed by atoms with van der Waals surface area (Å²) in [6, 6.07) is 13.2. The highest BCUT2D eigenvalue weighted by atomic mass is 35.5. The molecule has 3 nitrogen and oxygen atoms in total. The van der Waals surface area contributed by atoms with Crippen molar-refractivity contribution >= 4 is 29.1 Å². The molecule has 0 saturated heterocycles. The summed E-state index contributed by atoms with van der Waals surface area (Å²) >= 11 is 12.5. The van der Waals surface area contributed by atoms with Crippen molar-refractivity contribution in [1.29, 1.82) is 0 Å². The second-order valence-electron chi connectivity index (χ2n) is 4.73. The van der Waals surface area contributed by atoms with Crippen LogP contribution in [0.15, 0.2) is 47.0 Å². The third-order valence-corrected chi connectivity index (χ3v) is 3.89. The van der Waals surface area contributed by atoms with E-state index in [-0.39, 0.29) is 5.88 Å². The summed E-state index contributed by atoms with van der Waals surface area (Å²) in [5.74, 6) is 0.195. The molecule has 1 aromatic heterocycles. The van der Waals surface area contributed by atoms with Gasteiger partial charge in [0, 0.05) is 11.1 Å². The van der Waals surface area contributed by atoms with Crippen LogP contribution in [0.2, 0.25) is 10.0 Å². The fourth-order valence-corrected chi connectivity index (χ4v) is 2.78. The summed E-state index contributed by atoms with van der Waals surface area (Å²) in [6.45, 7) is 2.02. The van der Waals surface area contributed by atoms with Gasteiger partial charge < -0.3 is 10.3 Å². The number of aryl methyl sites for hydroxylation is 1. The average molecular weight is 319 g/mol. The maximum Gasteiger partial charge on any atom is 0.230 e. The van der Waals surface area contributed by atoms with E-state index in [1.807, 2.05) is 31.2 Å². The van der Waals surface area contributed by atoms with Crippen LogP contribution < -0.4 is 5.73 Å². The minimum Gasteiger partial charge on any atom is -0.367 e. The summed E-state index contributed by atoms with van der Waals surface area (Å²) in [4.78, 5) is 0. The maximum absolute atomic E-state index is 6.27. The first-order valence-corrected chi connectivity index (χ1v) is 7.10. The molecule has 21 heavy (non-hydrogen) atoms. The Bertz CT molecular complexity index is 774. The Hall–Kier alpha value is -1.97. The highest BCUT2D eigenvalue weighted by molar-refractivity contribution is 6.39. The van der Waals surface area contributed by atoms with Gasteiger partial charge in [0.25, 0.3) is 0 Å². The number of nitrogens with zero attached hydrogens (tertiary/aromatic N) is 1. The molecule has 3 aromatic rings. The van der Waals surface area contributed by atoms with E-state index in [4.69, 9.17) is 33.5 Å². The van der Waals surface area contributed by atoms with Crippen molar-refractivity contribution in [3.8, 4) is 22.4 Å². The lowest BCUT2D eigenvalue weighted by Crippen LogP contribution is -1.90. The molecule has 0 saturated carbocycles. The zero-order valence-electron chi connectivity index (χ0n) is 11.2. The van der Waals surface area contributed by atoms with Crippen LogP contribution in [0.1, 0.15) is 5.56 Å². The van der Waals surface area contributed by atoms with E-state index in [0.717, 1.165) is 11.1 Å². The average Bonchev–Trinajstić information content (AvgIpc) is 2.82. The molecule has 5 heteroatoms. The van der Waals surface area contributed by atoms with E-state index in [0.29, 0.717) is 26.9 Å². The molecule has 1 heterocycles. The van der Waals surface area contributed by atoms with Gasteiger partial charge in [0.05, 0.1) is 15.6 Å². The van der Waals surface area contributed by atoms with Crippen molar-refractivity contribution in [1.82, 2.24) is 5.16 Å². The van der Waals surface area contributed by atoms with Gasteiger partial charge in [-0.25, -0.2) is 0 Å². The molecule has 0 fully saturated rings. The minimum atomic E-state index is 0.195. The van der Waals surface area contributed by atoms with Crippen LogP contribution in [-0.2, 0) is 0 Å². The number of rotatable bonds is 2. The van der Waals surface area contributed by atoms with E-state index < -0.39 is 0 Å². The molecule has 3 rings (SSSR count). The Morgan fingerprint density at radius 1 is 0.952 bits per heavy atom. The molecule has 0 aliphatic carbocycles. The molecule has 0 bridgehead atoms. The molecule has 0 aliphatic rings. The first-order chi connectivity index (χ1) is 10.1. The number of nitrogens with two attached hydrogens (primary N) is 1. The maximum atomic E-state index is 6.27. The third-order valence-electron chi connectivity index (χ3n) is 3.26. The summed E-state index contributed by atoms with van der Waals surface area (Å²) in [7, 11) is 0. The lowest BCUT2D eigenvalue weighted by Gasteiger charge is -2.07. The first-order valence-electron chi connectivity index (χ1n) is 6.34. The predicted molar refractivity (Wildman–Crippen MR) is 86.5 cm³/mol. The number of halogens is 2. The minimum absolute atomic E-state index is 0.195. The van der Waals surface area contributed by atoms with Crippen LogP contribution in [0.5, 0.6) is 0 Å². The van der Waals surface area contributed by atoms with Gasteiger partial charge in [0.15, 0.2) is 0 Å². The highest BCUT2D eigenvalue weighted by Gasteiger charge is 2.21. The van der Waals surface area contributed by atoms with Crippen molar-refractivity contribution in [3.05, 3.63) is 58.1 Å². The Kier molecular flexibility index (Phi) is 3.62. The van der Waals surface area contributed by atoms with Gasteiger partial charge in [-0.15, -0.1) is 0 Å². The van der Waals surface area contributed by atoms with Crippen molar-refractivity contribution < 1.29 is 4.52 Å². The number of nitrogen functional groups attached to an aromatic ring is 1. The lowest BCUT2D eigenvalue weighted by molar-refractivity contribution is 0.439. The van der Waals surface area contributed by atoms with Gasteiger partial charge in [-0.05, 0) is 19.1 Å². The normalized spacial score (nSPS) is 10.8. The Labute approximate surface area is 132 Å². The van der Waals surface area contributed by atoms with Crippen molar-refractivity contribution in [2.45, 2.75) is 6.92 Å². The van der Waals surface area contributed by atoms with Crippen LogP contribution in [0.3, 0.4) is 0 Å². The lowest BCUT2D eigenvalue weighted by atomic mass is 10.00. The fourth-order valence-electron chi connectivity index (χ4n) is 2.19. The van der Waals surface area contributed by atoms with Crippen molar-refractivity contribution in [2.75, 3.05) is 5.73 Å². The standard InChI is InChI=1S/C16H12Cl2N2O/c1-9-5-7-10(8-6-9)15-14(16(19)21-20-15)13-11(17)3-2-4-12(13)18/h2-8H,19H2,1H3. The Morgan fingerprint density at radius 3 is 2.19 bits per heavy atom. The van der Waals surface area contributed by atoms with Gasteiger partial charge >= 0.3 is 0 Å². The molecule has 0 amide bonds. The molecule has 0 radical (unpaired) electrons. The smallest absolute Gasteiger partial charge is 0.230 e. The monoisotopic (exact) mass is 318 g/mol. The Morgan fingerprint density at radius 2 is 1.57 bits per heavy atom. The summed E-state index contributed by atoms with van der Waals surface area (Å²) in [5.41, 5.74) is 9.87.